The van der Waals surface area contributed by atoms with Gasteiger partial charge in [0.05, 0.1) is 11.4 Å². The summed E-state index contributed by atoms with van der Waals surface area (Å²) in [6.07, 6.45) is 4.78. The van der Waals surface area contributed by atoms with Gasteiger partial charge in [0.25, 0.3) is 0 Å². The molecule has 0 saturated heterocycles. The molecule has 1 aliphatic heterocycles. The Bertz CT molecular complexity index is 872. The van der Waals surface area contributed by atoms with Crippen molar-refractivity contribution in [2.45, 2.75) is 33.0 Å². The van der Waals surface area contributed by atoms with Crippen molar-refractivity contribution in [2.75, 3.05) is 6.54 Å². The molecule has 0 aliphatic carbocycles. The largest absolute Gasteiger partial charge is 0.293 e. The van der Waals surface area contributed by atoms with Crippen molar-refractivity contribution in [3.05, 3.63) is 64.7 Å². The van der Waals surface area contributed by atoms with Crippen LogP contribution in [0.1, 0.15) is 23.9 Å². The van der Waals surface area contributed by atoms with Crippen molar-refractivity contribution in [3.8, 4) is 11.4 Å². The van der Waals surface area contributed by atoms with Crippen molar-refractivity contribution in [1.82, 2.24) is 24.6 Å². The van der Waals surface area contributed by atoms with Crippen LogP contribution >= 0.6 is 11.6 Å². The molecule has 0 bridgehead atoms. The molecular weight excluding hydrogens is 334 g/mol. The third kappa shape index (κ3) is 3.43. The second-order valence-corrected chi connectivity index (χ2v) is 6.71. The molecule has 0 atom stereocenters. The van der Waals surface area contributed by atoms with E-state index in [9.17, 15) is 0 Å². The molecule has 0 N–H and O–H groups in total. The highest BCUT2D eigenvalue weighted by molar-refractivity contribution is 6.30. The van der Waals surface area contributed by atoms with E-state index in [1.807, 2.05) is 36.7 Å². The summed E-state index contributed by atoms with van der Waals surface area (Å²) in [5, 5.41) is 5.08. The lowest BCUT2D eigenvalue weighted by molar-refractivity contribution is 0.235. The molecule has 0 spiro atoms. The van der Waals surface area contributed by atoms with Gasteiger partial charge in [0.2, 0.25) is 0 Å². The fraction of sp³-hybridized carbons (Fsp3) is 0.316. The lowest BCUT2D eigenvalue weighted by atomic mass is 10.1. The Morgan fingerprint density at radius 1 is 1.16 bits per heavy atom. The van der Waals surface area contributed by atoms with Gasteiger partial charge in [0.1, 0.15) is 0 Å². The molecule has 0 unspecified atom stereocenters. The van der Waals surface area contributed by atoms with Crippen molar-refractivity contribution in [1.29, 1.82) is 0 Å². The van der Waals surface area contributed by atoms with Gasteiger partial charge in [0, 0.05) is 61.1 Å². The first-order valence-electron chi connectivity index (χ1n) is 8.56. The number of benzene rings is 1. The van der Waals surface area contributed by atoms with E-state index in [2.05, 4.69) is 32.7 Å². The average Bonchev–Trinajstić information content (AvgIpc) is 3.09. The van der Waals surface area contributed by atoms with Crippen LogP contribution in [0.15, 0.2) is 42.7 Å². The van der Waals surface area contributed by atoms with Gasteiger partial charge in [-0.05, 0) is 37.3 Å². The molecule has 5 nitrogen and oxygen atoms in total. The Balaban J connectivity index is 1.51. The van der Waals surface area contributed by atoms with E-state index >= 15 is 0 Å². The van der Waals surface area contributed by atoms with Gasteiger partial charge in [-0.3, -0.25) is 9.58 Å². The number of halogens is 1. The van der Waals surface area contributed by atoms with Crippen molar-refractivity contribution < 1.29 is 0 Å². The van der Waals surface area contributed by atoms with Crippen molar-refractivity contribution in [2.24, 2.45) is 0 Å². The quantitative estimate of drug-likeness (QED) is 0.719. The summed E-state index contributed by atoms with van der Waals surface area (Å²) < 4.78 is 2.05. The first kappa shape index (κ1) is 16.2. The maximum absolute atomic E-state index is 5.96. The maximum Gasteiger partial charge on any atom is 0.159 e. The summed E-state index contributed by atoms with van der Waals surface area (Å²) in [7, 11) is 0. The second-order valence-electron chi connectivity index (χ2n) is 6.27. The second kappa shape index (κ2) is 6.94. The first-order valence-corrected chi connectivity index (χ1v) is 8.94. The first-order chi connectivity index (χ1) is 12.2. The van der Waals surface area contributed by atoms with Crippen molar-refractivity contribution >= 4 is 11.6 Å². The zero-order chi connectivity index (χ0) is 17.2. The summed E-state index contributed by atoms with van der Waals surface area (Å²) >= 11 is 5.96. The number of aryl methyl sites for hydroxylation is 1. The molecule has 2 aromatic heterocycles. The fourth-order valence-corrected chi connectivity index (χ4v) is 3.38. The Morgan fingerprint density at radius 2 is 2.00 bits per heavy atom. The van der Waals surface area contributed by atoms with Crippen LogP contribution in [0.3, 0.4) is 0 Å². The lowest BCUT2D eigenvalue weighted by Gasteiger charge is -2.28. The standard InChI is InChI=1S/C19H20ClN5/c1-2-25-17(7-9-22-25)13-24-10-8-18-15(12-24)11-21-19(23-18)14-3-5-16(20)6-4-14/h3-7,9,11H,2,8,10,12-13H2,1H3. The van der Waals surface area contributed by atoms with Gasteiger partial charge in [-0.1, -0.05) is 11.6 Å². The zero-order valence-electron chi connectivity index (χ0n) is 14.2. The minimum atomic E-state index is 0.726. The van der Waals surface area contributed by atoms with E-state index < -0.39 is 0 Å². The molecule has 4 rings (SSSR count). The van der Waals surface area contributed by atoms with E-state index in [-0.39, 0.29) is 0 Å². The minimum Gasteiger partial charge on any atom is -0.293 e. The molecule has 0 saturated carbocycles. The SMILES string of the molecule is CCn1nccc1CN1CCc2nc(-c3ccc(Cl)cc3)ncc2C1. The Kier molecular flexibility index (Phi) is 4.51. The number of fused-ring (bicyclic) bond motifs is 1. The van der Waals surface area contributed by atoms with Crippen LogP contribution in [0.25, 0.3) is 11.4 Å². The highest BCUT2D eigenvalue weighted by atomic mass is 35.5. The van der Waals surface area contributed by atoms with Crippen LogP contribution < -0.4 is 0 Å². The van der Waals surface area contributed by atoms with Gasteiger partial charge in [-0.15, -0.1) is 0 Å². The molecular formula is C19H20ClN5. The van der Waals surface area contributed by atoms with Crippen molar-refractivity contribution in [3.63, 3.8) is 0 Å². The minimum absolute atomic E-state index is 0.726. The van der Waals surface area contributed by atoms with E-state index in [1.54, 1.807) is 0 Å². The molecule has 25 heavy (non-hydrogen) atoms. The summed E-state index contributed by atoms with van der Waals surface area (Å²) in [5.41, 5.74) is 4.62. The molecule has 1 aliphatic rings. The summed E-state index contributed by atoms with van der Waals surface area (Å²) in [6, 6.07) is 9.77. The predicted octanol–water partition coefficient (Wildman–Crippen LogP) is 3.57. The number of hydrogen-bond donors (Lipinski definition) is 0. The molecule has 3 heterocycles. The highest BCUT2D eigenvalue weighted by Crippen LogP contribution is 2.23. The molecule has 0 radical (unpaired) electrons. The van der Waals surface area contributed by atoms with E-state index in [0.717, 1.165) is 54.7 Å². The predicted molar refractivity (Wildman–Crippen MR) is 98.2 cm³/mol. The zero-order valence-corrected chi connectivity index (χ0v) is 14.9. The highest BCUT2D eigenvalue weighted by Gasteiger charge is 2.19. The number of hydrogen-bond acceptors (Lipinski definition) is 4. The number of aromatic nitrogens is 4. The van der Waals surface area contributed by atoms with E-state index in [0.29, 0.717) is 0 Å². The van der Waals surface area contributed by atoms with Crippen LogP contribution in [0.4, 0.5) is 0 Å². The topological polar surface area (TPSA) is 46.8 Å². The van der Waals surface area contributed by atoms with Gasteiger partial charge in [-0.25, -0.2) is 9.97 Å². The number of rotatable bonds is 4. The van der Waals surface area contributed by atoms with Gasteiger partial charge < -0.3 is 0 Å². The molecule has 1 aromatic carbocycles. The lowest BCUT2D eigenvalue weighted by Crippen LogP contribution is -2.31. The molecule has 3 aromatic rings. The van der Waals surface area contributed by atoms with Crippen LogP contribution in [-0.2, 0) is 26.1 Å². The Labute approximate surface area is 152 Å². The third-order valence-corrected chi connectivity index (χ3v) is 4.86. The summed E-state index contributed by atoms with van der Waals surface area (Å²) in [6.45, 7) is 5.81. The summed E-state index contributed by atoms with van der Waals surface area (Å²) in [5.74, 6) is 0.771. The van der Waals surface area contributed by atoms with Crippen LogP contribution in [0.2, 0.25) is 5.02 Å². The third-order valence-electron chi connectivity index (χ3n) is 4.61. The van der Waals surface area contributed by atoms with Crippen LogP contribution in [0, 0.1) is 0 Å². The smallest absolute Gasteiger partial charge is 0.159 e. The fourth-order valence-electron chi connectivity index (χ4n) is 3.26. The van der Waals surface area contributed by atoms with Crippen LogP contribution in [-0.4, -0.2) is 31.2 Å². The van der Waals surface area contributed by atoms with Gasteiger partial charge in [0.15, 0.2) is 5.82 Å². The molecule has 128 valence electrons. The Morgan fingerprint density at radius 3 is 2.80 bits per heavy atom. The van der Waals surface area contributed by atoms with E-state index in [4.69, 9.17) is 16.6 Å². The normalized spacial score (nSPS) is 14.5. The molecule has 0 amide bonds. The molecule has 0 fully saturated rings. The van der Waals surface area contributed by atoms with Gasteiger partial charge in [-0.2, -0.15) is 5.10 Å². The average molecular weight is 354 g/mol. The van der Waals surface area contributed by atoms with Crippen LogP contribution in [0.5, 0.6) is 0 Å². The summed E-state index contributed by atoms with van der Waals surface area (Å²) in [4.78, 5) is 11.8. The van der Waals surface area contributed by atoms with E-state index in [1.165, 1.54) is 11.3 Å². The van der Waals surface area contributed by atoms with Gasteiger partial charge >= 0.3 is 0 Å². The number of nitrogens with zero attached hydrogens (tertiary/aromatic N) is 5. The Hall–Kier alpha value is -2.24. The monoisotopic (exact) mass is 353 g/mol. The molecule has 6 heteroatoms. The maximum atomic E-state index is 5.96.